The van der Waals surface area contributed by atoms with E-state index in [0.717, 1.165) is 36.8 Å². The Kier molecular flexibility index (Phi) is 5.28. The van der Waals surface area contributed by atoms with Crippen molar-refractivity contribution in [2.24, 2.45) is 0 Å². The maximum absolute atomic E-state index is 12.1. The summed E-state index contributed by atoms with van der Waals surface area (Å²) in [4.78, 5) is 22.8. The van der Waals surface area contributed by atoms with Crippen molar-refractivity contribution in [3.05, 3.63) is 58.6 Å². The summed E-state index contributed by atoms with van der Waals surface area (Å²) < 4.78 is 5.28. The van der Waals surface area contributed by atoms with Gasteiger partial charge in [-0.15, -0.1) is 0 Å². The average Bonchev–Trinajstić information content (AvgIpc) is 2.63. The summed E-state index contributed by atoms with van der Waals surface area (Å²) in [5, 5.41) is 14.0. The molecule has 3 rings (SSSR count). The minimum Gasteiger partial charge on any atom is -0.403 e. The number of amides is 1. The van der Waals surface area contributed by atoms with Crippen LogP contribution in [0.25, 0.3) is 11.1 Å². The van der Waals surface area contributed by atoms with Crippen LogP contribution in [0.2, 0.25) is 0 Å². The largest absolute Gasteiger partial charge is 0.413 e. The second-order valence-electron chi connectivity index (χ2n) is 6.17. The first-order valence-electron chi connectivity index (χ1n) is 8.46. The van der Waals surface area contributed by atoms with Crippen LogP contribution < -0.4 is 10.1 Å². The van der Waals surface area contributed by atoms with Crippen molar-refractivity contribution >= 4 is 11.8 Å². The molecular weight excluding hydrogens is 320 g/mol. The Morgan fingerprint density at radius 2 is 1.76 bits per heavy atom. The van der Waals surface area contributed by atoms with Crippen LogP contribution >= 0.6 is 0 Å². The van der Waals surface area contributed by atoms with Gasteiger partial charge in [0.15, 0.2) is 0 Å². The molecule has 0 heterocycles. The third kappa shape index (κ3) is 4.35. The lowest BCUT2D eigenvalue weighted by Gasteiger charge is -2.22. The fourth-order valence-electron chi connectivity index (χ4n) is 3.10. The fraction of sp³-hybridized carbons (Fsp3) is 0.316. The van der Waals surface area contributed by atoms with Crippen LogP contribution in [0.1, 0.15) is 32.1 Å². The van der Waals surface area contributed by atoms with Gasteiger partial charge in [0.05, 0.1) is 4.92 Å². The number of hydrogen-bond acceptors (Lipinski definition) is 4. The van der Waals surface area contributed by atoms with E-state index >= 15 is 0 Å². The highest BCUT2D eigenvalue weighted by Gasteiger charge is 2.21. The molecule has 0 aromatic heterocycles. The molecule has 0 unspecified atom stereocenters. The van der Waals surface area contributed by atoms with Crippen molar-refractivity contribution in [3.63, 3.8) is 0 Å². The van der Waals surface area contributed by atoms with Crippen LogP contribution in [0.4, 0.5) is 10.5 Å². The molecule has 1 N–H and O–H groups in total. The molecule has 6 nitrogen and oxygen atoms in total. The van der Waals surface area contributed by atoms with Crippen LogP contribution in [-0.2, 0) is 0 Å². The van der Waals surface area contributed by atoms with Crippen LogP contribution in [0.15, 0.2) is 48.5 Å². The number of carbonyl (C=O) groups excluding carboxylic acids is 1. The topological polar surface area (TPSA) is 81.5 Å². The molecule has 0 radical (unpaired) electrons. The lowest BCUT2D eigenvalue weighted by Crippen LogP contribution is -2.38. The summed E-state index contributed by atoms with van der Waals surface area (Å²) in [6.45, 7) is 0. The Balaban J connectivity index is 1.80. The Morgan fingerprint density at radius 1 is 1.04 bits per heavy atom. The normalized spacial score (nSPS) is 14.7. The molecule has 0 atom stereocenters. The van der Waals surface area contributed by atoms with Crippen molar-refractivity contribution in [1.29, 1.82) is 0 Å². The molecule has 2 aromatic carbocycles. The quantitative estimate of drug-likeness (QED) is 0.647. The van der Waals surface area contributed by atoms with Gasteiger partial charge in [-0.3, -0.25) is 10.1 Å². The molecule has 2 aromatic rings. The Hall–Kier alpha value is -2.89. The minimum atomic E-state index is -0.639. The molecule has 0 aliphatic heterocycles. The fourth-order valence-corrected chi connectivity index (χ4v) is 3.10. The summed E-state index contributed by atoms with van der Waals surface area (Å²) in [6.07, 6.45) is 4.53. The van der Waals surface area contributed by atoms with Crippen LogP contribution in [-0.4, -0.2) is 17.1 Å². The zero-order chi connectivity index (χ0) is 17.6. The van der Waals surface area contributed by atoms with Crippen LogP contribution in [0.5, 0.6) is 5.75 Å². The summed E-state index contributed by atoms with van der Waals surface area (Å²) in [7, 11) is 0. The van der Waals surface area contributed by atoms with Crippen molar-refractivity contribution in [1.82, 2.24) is 5.32 Å². The van der Waals surface area contributed by atoms with Gasteiger partial charge in [0, 0.05) is 12.1 Å². The van der Waals surface area contributed by atoms with Gasteiger partial charge in [-0.1, -0.05) is 49.6 Å². The van der Waals surface area contributed by atoms with Gasteiger partial charge >= 0.3 is 11.8 Å². The number of nitro benzene ring substituents is 1. The second-order valence-corrected chi connectivity index (χ2v) is 6.17. The van der Waals surface area contributed by atoms with Gasteiger partial charge in [-0.25, -0.2) is 4.79 Å². The van der Waals surface area contributed by atoms with Gasteiger partial charge < -0.3 is 10.1 Å². The SMILES string of the molecule is O=C(NC1CCCCC1)Oc1cc(-c2ccccc2)ccc1[N+](=O)[O-]. The van der Waals surface area contributed by atoms with Crippen molar-refractivity contribution in [2.45, 2.75) is 38.1 Å². The smallest absolute Gasteiger partial charge is 0.403 e. The van der Waals surface area contributed by atoms with E-state index in [-0.39, 0.29) is 17.5 Å². The highest BCUT2D eigenvalue weighted by atomic mass is 16.6. The van der Waals surface area contributed by atoms with E-state index in [9.17, 15) is 14.9 Å². The molecule has 6 heteroatoms. The monoisotopic (exact) mass is 340 g/mol. The highest BCUT2D eigenvalue weighted by molar-refractivity contribution is 5.75. The maximum atomic E-state index is 12.1. The predicted octanol–water partition coefficient (Wildman–Crippen LogP) is 4.68. The number of nitrogens with one attached hydrogen (secondary N) is 1. The zero-order valence-corrected chi connectivity index (χ0v) is 13.8. The predicted molar refractivity (Wildman–Crippen MR) is 94.6 cm³/mol. The van der Waals surface area contributed by atoms with Gasteiger partial charge in [-0.05, 0) is 36.1 Å². The molecule has 130 valence electrons. The average molecular weight is 340 g/mol. The lowest BCUT2D eigenvalue weighted by molar-refractivity contribution is -0.385. The standard InChI is InChI=1S/C19H20N2O4/c22-19(20-16-9-5-2-6-10-16)25-18-13-15(11-12-17(18)21(23)24)14-7-3-1-4-8-14/h1,3-4,7-8,11-13,16H,2,5-6,9-10H2,(H,20,22). The molecule has 0 saturated heterocycles. The summed E-state index contributed by atoms with van der Waals surface area (Å²) >= 11 is 0. The molecule has 1 saturated carbocycles. The van der Waals surface area contributed by atoms with E-state index in [1.165, 1.54) is 18.6 Å². The number of ether oxygens (including phenoxy) is 1. The molecule has 1 aliphatic carbocycles. The van der Waals surface area contributed by atoms with Gasteiger partial charge in [0.1, 0.15) is 0 Å². The summed E-state index contributed by atoms with van der Waals surface area (Å²) in [6, 6.07) is 14.1. The number of benzene rings is 2. The highest BCUT2D eigenvalue weighted by Crippen LogP contribution is 2.32. The number of rotatable bonds is 4. The van der Waals surface area contributed by atoms with E-state index in [1.54, 1.807) is 6.07 Å². The van der Waals surface area contributed by atoms with E-state index < -0.39 is 11.0 Å². The first-order valence-corrected chi connectivity index (χ1v) is 8.46. The van der Waals surface area contributed by atoms with E-state index in [1.807, 2.05) is 30.3 Å². The van der Waals surface area contributed by atoms with E-state index in [2.05, 4.69) is 5.32 Å². The van der Waals surface area contributed by atoms with Crippen molar-refractivity contribution < 1.29 is 14.5 Å². The maximum Gasteiger partial charge on any atom is 0.413 e. The molecule has 1 aliphatic rings. The van der Waals surface area contributed by atoms with Gasteiger partial charge in [-0.2, -0.15) is 0 Å². The number of carbonyl (C=O) groups is 1. The summed E-state index contributed by atoms with van der Waals surface area (Å²) in [5.41, 5.74) is 1.43. The first kappa shape index (κ1) is 17.0. The van der Waals surface area contributed by atoms with Crippen LogP contribution in [0.3, 0.4) is 0 Å². The van der Waals surface area contributed by atoms with Crippen LogP contribution in [0, 0.1) is 10.1 Å². The molecule has 25 heavy (non-hydrogen) atoms. The molecule has 1 fully saturated rings. The van der Waals surface area contributed by atoms with Crippen molar-refractivity contribution in [2.75, 3.05) is 0 Å². The minimum absolute atomic E-state index is 0.0420. The Labute approximate surface area is 146 Å². The van der Waals surface area contributed by atoms with E-state index in [0.29, 0.717) is 0 Å². The molecular formula is C19H20N2O4. The van der Waals surface area contributed by atoms with Gasteiger partial charge in [0.25, 0.3) is 0 Å². The van der Waals surface area contributed by atoms with Gasteiger partial charge in [0.2, 0.25) is 5.75 Å². The second kappa shape index (κ2) is 7.79. The summed E-state index contributed by atoms with van der Waals surface area (Å²) in [5.74, 6) is -0.0420. The number of nitro groups is 1. The number of hydrogen-bond donors (Lipinski definition) is 1. The number of nitrogens with zero attached hydrogens (tertiary/aromatic N) is 1. The molecule has 0 bridgehead atoms. The molecule has 0 spiro atoms. The Morgan fingerprint density at radius 3 is 2.44 bits per heavy atom. The Bertz CT molecular complexity index is 755. The third-order valence-electron chi connectivity index (χ3n) is 4.39. The first-order chi connectivity index (χ1) is 12.1. The van der Waals surface area contributed by atoms with E-state index in [4.69, 9.17) is 4.74 Å². The third-order valence-corrected chi connectivity index (χ3v) is 4.39. The van der Waals surface area contributed by atoms with Crippen molar-refractivity contribution in [3.8, 4) is 16.9 Å². The zero-order valence-electron chi connectivity index (χ0n) is 13.8. The molecule has 1 amide bonds. The lowest BCUT2D eigenvalue weighted by atomic mass is 9.96.